The van der Waals surface area contributed by atoms with Crippen LogP contribution < -0.4 is 5.73 Å². The first-order valence-corrected chi connectivity index (χ1v) is 7.67. The average molecular weight is 351 g/mol. The summed E-state index contributed by atoms with van der Waals surface area (Å²) in [5, 5.41) is 4.57. The number of rotatable bonds is 4. The third-order valence-electron chi connectivity index (χ3n) is 3.36. The summed E-state index contributed by atoms with van der Waals surface area (Å²) in [7, 11) is 0. The fourth-order valence-electron chi connectivity index (χ4n) is 1.91. The van der Waals surface area contributed by atoms with Gasteiger partial charge in [-0.1, -0.05) is 40.5 Å². The van der Waals surface area contributed by atoms with Crippen molar-refractivity contribution in [2.45, 2.75) is 20.3 Å². The highest BCUT2D eigenvalue weighted by Crippen LogP contribution is 2.22. The van der Waals surface area contributed by atoms with E-state index in [1.807, 2.05) is 19.9 Å². The van der Waals surface area contributed by atoms with Crippen LogP contribution in [-0.4, -0.2) is 11.8 Å². The van der Waals surface area contributed by atoms with Crippen LogP contribution in [0.25, 0.3) is 0 Å². The Morgan fingerprint density at radius 2 is 1.83 bits per heavy atom. The van der Waals surface area contributed by atoms with Gasteiger partial charge in [0.25, 0.3) is 0 Å². The molecule has 0 saturated heterocycles. The first kappa shape index (κ1) is 17.3. The number of hydrogen-bond acceptors (Lipinski definition) is 3. The highest BCUT2D eigenvalue weighted by atomic mass is 35.5. The number of carbonyl (C=O) groups excluding carboxylic acids is 1. The number of hydrogen-bond donors (Lipinski definition) is 1. The molecule has 0 spiro atoms. The fourth-order valence-corrected chi connectivity index (χ4v) is 2.23. The van der Waals surface area contributed by atoms with Crippen LogP contribution in [0.5, 0.6) is 0 Å². The zero-order valence-electron chi connectivity index (χ0n) is 12.8. The molecule has 4 nitrogen and oxygen atoms in total. The van der Waals surface area contributed by atoms with Crippen molar-refractivity contribution in [1.29, 1.82) is 0 Å². The zero-order valence-corrected chi connectivity index (χ0v) is 14.3. The molecule has 0 radical (unpaired) electrons. The van der Waals surface area contributed by atoms with Crippen molar-refractivity contribution in [2.24, 2.45) is 10.9 Å². The molecule has 0 aliphatic heterocycles. The van der Waals surface area contributed by atoms with E-state index in [0.29, 0.717) is 22.0 Å². The molecule has 23 heavy (non-hydrogen) atoms. The molecule has 2 N–H and O–H groups in total. The first-order valence-electron chi connectivity index (χ1n) is 6.91. The fraction of sp³-hybridized carbons (Fsp3) is 0.176. The summed E-state index contributed by atoms with van der Waals surface area (Å²) in [6.45, 7) is 3.89. The summed E-state index contributed by atoms with van der Waals surface area (Å²) in [6.07, 6.45) is 0.303. The molecule has 0 fully saturated rings. The Bertz CT molecular complexity index is 773. The van der Waals surface area contributed by atoms with Crippen LogP contribution in [0.2, 0.25) is 10.0 Å². The highest BCUT2D eigenvalue weighted by Gasteiger charge is 2.09. The normalized spacial score (nSPS) is 11.4. The van der Waals surface area contributed by atoms with E-state index in [1.54, 1.807) is 30.3 Å². The first-order chi connectivity index (χ1) is 10.9. The quantitative estimate of drug-likeness (QED) is 0.387. The molecule has 2 rings (SSSR count). The number of halogens is 2. The molecule has 0 unspecified atom stereocenters. The van der Waals surface area contributed by atoms with Crippen LogP contribution >= 0.6 is 23.2 Å². The number of amidine groups is 1. The number of oxime groups is 1. The highest BCUT2D eigenvalue weighted by molar-refractivity contribution is 6.42. The molecular formula is C17H16Cl2N2O2. The Labute approximate surface area is 144 Å². The lowest BCUT2D eigenvalue weighted by Crippen LogP contribution is -2.16. The van der Waals surface area contributed by atoms with Gasteiger partial charge in [0.1, 0.15) is 5.84 Å². The zero-order chi connectivity index (χ0) is 17.0. The second-order valence-electron chi connectivity index (χ2n) is 5.19. The predicted octanol–water partition coefficient (Wildman–Crippen LogP) is 4.28. The number of nitrogens with zero attached hydrogens (tertiary/aromatic N) is 1. The van der Waals surface area contributed by atoms with Gasteiger partial charge in [-0.2, -0.15) is 0 Å². The number of nitrogens with two attached hydrogens (primary N) is 1. The molecule has 0 aliphatic rings. The minimum Gasteiger partial charge on any atom is -0.384 e. The van der Waals surface area contributed by atoms with E-state index in [9.17, 15) is 4.79 Å². The van der Waals surface area contributed by atoms with Crippen molar-refractivity contribution in [2.75, 3.05) is 0 Å². The van der Waals surface area contributed by atoms with Gasteiger partial charge in [0.15, 0.2) is 0 Å². The Hall–Kier alpha value is -2.04. The van der Waals surface area contributed by atoms with Gasteiger partial charge in [-0.05, 0) is 54.8 Å². The maximum absolute atomic E-state index is 11.9. The second kappa shape index (κ2) is 7.49. The molecule has 0 amide bonds. The van der Waals surface area contributed by atoms with Gasteiger partial charge in [0.2, 0.25) is 0 Å². The summed E-state index contributed by atoms with van der Waals surface area (Å²) in [6, 6.07) is 10.4. The van der Waals surface area contributed by atoms with Crippen LogP contribution in [0.4, 0.5) is 0 Å². The van der Waals surface area contributed by atoms with Gasteiger partial charge >= 0.3 is 5.97 Å². The van der Waals surface area contributed by atoms with Crippen LogP contribution in [0.3, 0.4) is 0 Å². The summed E-state index contributed by atoms with van der Waals surface area (Å²) in [4.78, 5) is 16.8. The van der Waals surface area contributed by atoms with Gasteiger partial charge < -0.3 is 10.6 Å². The molecule has 2 aromatic rings. The maximum atomic E-state index is 11.9. The number of benzene rings is 2. The summed E-state index contributed by atoms with van der Waals surface area (Å²) in [5.41, 5.74) is 9.13. The van der Waals surface area contributed by atoms with Crippen molar-refractivity contribution in [1.82, 2.24) is 0 Å². The SMILES string of the molecule is Cc1ccc(C(=O)ON=C(N)Cc2ccc(Cl)c(Cl)c2)cc1C. The van der Waals surface area contributed by atoms with E-state index in [4.69, 9.17) is 33.8 Å². The lowest BCUT2D eigenvalue weighted by molar-refractivity contribution is 0.0514. The van der Waals surface area contributed by atoms with Crippen molar-refractivity contribution in [3.05, 3.63) is 68.7 Å². The van der Waals surface area contributed by atoms with Crippen LogP contribution in [0.15, 0.2) is 41.6 Å². The minimum absolute atomic E-state index is 0.167. The van der Waals surface area contributed by atoms with Gasteiger partial charge in [0, 0.05) is 6.42 Å². The van der Waals surface area contributed by atoms with Gasteiger partial charge in [-0.3, -0.25) is 0 Å². The lowest BCUT2D eigenvalue weighted by atomic mass is 10.1. The summed E-state index contributed by atoms with van der Waals surface area (Å²) in [5.74, 6) is -0.384. The van der Waals surface area contributed by atoms with Crippen LogP contribution in [0, 0.1) is 13.8 Å². The van der Waals surface area contributed by atoms with E-state index >= 15 is 0 Å². The van der Waals surface area contributed by atoms with Gasteiger partial charge in [-0.25, -0.2) is 4.79 Å². The Morgan fingerprint density at radius 1 is 1.09 bits per heavy atom. The minimum atomic E-state index is -0.551. The van der Waals surface area contributed by atoms with Crippen molar-refractivity contribution >= 4 is 35.0 Å². The molecule has 0 saturated carbocycles. The smallest absolute Gasteiger partial charge is 0.365 e. The third kappa shape index (κ3) is 4.71. The van der Waals surface area contributed by atoms with Crippen molar-refractivity contribution in [3.8, 4) is 0 Å². The molecule has 0 atom stereocenters. The molecule has 0 aromatic heterocycles. The second-order valence-corrected chi connectivity index (χ2v) is 6.00. The van der Waals surface area contributed by atoms with E-state index in [1.165, 1.54) is 0 Å². The van der Waals surface area contributed by atoms with E-state index < -0.39 is 5.97 Å². The predicted molar refractivity (Wildman–Crippen MR) is 93.1 cm³/mol. The molecular weight excluding hydrogens is 335 g/mol. The van der Waals surface area contributed by atoms with Gasteiger partial charge in [0.05, 0.1) is 15.6 Å². The van der Waals surface area contributed by atoms with E-state index in [0.717, 1.165) is 16.7 Å². The standard InChI is InChI=1S/C17H16Cl2N2O2/c1-10-3-5-13(7-11(10)2)17(22)23-21-16(20)9-12-4-6-14(18)15(19)8-12/h3-8H,9H2,1-2H3,(H2,20,21). The Kier molecular flexibility index (Phi) is 5.64. The Morgan fingerprint density at radius 3 is 2.48 bits per heavy atom. The topological polar surface area (TPSA) is 64.7 Å². The van der Waals surface area contributed by atoms with Crippen molar-refractivity contribution in [3.63, 3.8) is 0 Å². The Balaban J connectivity index is 2.02. The monoisotopic (exact) mass is 350 g/mol. The van der Waals surface area contributed by atoms with Crippen LogP contribution in [-0.2, 0) is 11.3 Å². The maximum Gasteiger partial charge on any atom is 0.365 e. The van der Waals surface area contributed by atoms with Crippen LogP contribution in [0.1, 0.15) is 27.0 Å². The lowest BCUT2D eigenvalue weighted by Gasteiger charge is -2.04. The largest absolute Gasteiger partial charge is 0.384 e. The molecule has 0 bridgehead atoms. The van der Waals surface area contributed by atoms with E-state index in [2.05, 4.69) is 5.16 Å². The molecule has 0 aliphatic carbocycles. The number of aryl methyl sites for hydroxylation is 2. The molecule has 120 valence electrons. The third-order valence-corrected chi connectivity index (χ3v) is 4.10. The van der Waals surface area contributed by atoms with E-state index in [-0.39, 0.29) is 5.84 Å². The number of carbonyl (C=O) groups is 1. The summed E-state index contributed by atoms with van der Waals surface area (Å²) >= 11 is 11.8. The van der Waals surface area contributed by atoms with Gasteiger partial charge in [-0.15, -0.1) is 0 Å². The molecule has 6 heteroatoms. The van der Waals surface area contributed by atoms with Crippen molar-refractivity contribution < 1.29 is 9.63 Å². The summed E-state index contributed by atoms with van der Waals surface area (Å²) < 4.78 is 0. The molecule has 0 heterocycles. The average Bonchev–Trinajstić information content (AvgIpc) is 2.51. The molecule has 2 aromatic carbocycles.